The zero-order valence-electron chi connectivity index (χ0n) is 18.6. The van der Waals surface area contributed by atoms with E-state index in [0.29, 0.717) is 16.3 Å². The molecule has 32 heavy (non-hydrogen) atoms. The zero-order valence-corrected chi connectivity index (χ0v) is 19.4. The van der Waals surface area contributed by atoms with Crippen molar-refractivity contribution in [3.05, 3.63) is 70.7 Å². The maximum atomic E-state index is 13.0. The fourth-order valence-corrected chi connectivity index (χ4v) is 4.83. The Morgan fingerprint density at radius 1 is 1.19 bits per heavy atom. The molecule has 1 N–H and O–H groups in total. The van der Waals surface area contributed by atoms with E-state index in [0.717, 1.165) is 48.9 Å². The molecule has 3 aromatic rings. The van der Waals surface area contributed by atoms with Gasteiger partial charge in [-0.05, 0) is 50.6 Å². The van der Waals surface area contributed by atoms with Crippen molar-refractivity contribution >= 4 is 23.4 Å². The Morgan fingerprint density at radius 2 is 1.94 bits per heavy atom. The van der Waals surface area contributed by atoms with Gasteiger partial charge in [0.2, 0.25) is 0 Å². The summed E-state index contributed by atoms with van der Waals surface area (Å²) in [6.07, 6.45) is 1.71. The lowest BCUT2D eigenvalue weighted by Crippen LogP contribution is -2.36. The third kappa shape index (κ3) is 5.14. The second-order valence-electron chi connectivity index (χ2n) is 7.83. The second kappa shape index (κ2) is 10.2. The molecule has 3 heterocycles. The van der Waals surface area contributed by atoms with Crippen LogP contribution in [0.5, 0.6) is 0 Å². The normalized spacial score (nSPS) is 14.9. The molecule has 0 saturated carbocycles. The first-order valence-corrected chi connectivity index (χ1v) is 11.7. The Hall–Kier alpha value is -2.84. The van der Waals surface area contributed by atoms with Gasteiger partial charge in [-0.3, -0.25) is 4.79 Å². The maximum absolute atomic E-state index is 13.0. The zero-order chi connectivity index (χ0) is 22.5. The molecule has 1 saturated heterocycles. The highest BCUT2D eigenvalue weighted by Crippen LogP contribution is 2.28. The van der Waals surface area contributed by atoms with Crippen LogP contribution in [-0.2, 0) is 10.5 Å². The molecule has 0 bridgehead atoms. The van der Waals surface area contributed by atoms with E-state index in [-0.39, 0.29) is 11.9 Å². The molecule has 2 aromatic heterocycles. The summed E-state index contributed by atoms with van der Waals surface area (Å²) in [5.41, 5.74) is 4.72. The first kappa shape index (κ1) is 22.4. The fourth-order valence-electron chi connectivity index (χ4n) is 3.68. The van der Waals surface area contributed by atoms with Crippen LogP contribution in [0, 0.1) is 13.8 Å². The third-order valence-corrected chi connectivity index (χ3v) is 6.70. The van der Waals surface area contributed by atoms with Crippen LogP contribution in [0.3, 0.4) is 0 Å². The van der Waals surface area contributed by atoms with Crippen LogP contribution in [0.2, 0.25) is 0 Å². The van der Waals surface area contributed by atoms with Crippen LogP contribution in [0.4, 0.5) is 5.69 Å². The molecule has 1 aliphatic heterocycles. The van der Waals surface area contributed by atoms with E-state index in [2.05, 4.69) is 44.6 Å². The topological polar surface area (TPSA) is 80.5 Å². The number of nitrogens with one attached hydrogen (secondary N) is 1. The summed E-state index contributed by atoms with van der Waals surface area (Å²) in [5.74, 6) is 1.31. The van der Waals surface area contributed by atoms with Crippen molar-refractivity contribution < 1.29 is 14.1 Å². The smallest absolute Gasteiger partial charge is 0.254 e. The highest BCUT2D eigenvalue weighted by Gasteiger charge is 2.18. The van der Waals surface area contributed by atoms with Crippen molar-refractivity contribution in [1.82, 2.24) is 15.5 Å². The van der Waals surface area contributed by atoms with Gasteiger partial charge in [-0.25, -0.2) is 4.98 Å². The molecule has 168 valence electrons. The molecule has 1 fully saturated rings. The number of hydrogen-bond donors (Lipinski definition) is 1. The minimum Gasteiger partial charge on any atom is -0.378 e. The van der Waals surface area contributed by atoms with E-state index in [9.17, 15) is 4.79 Å². The molecule has 1 aromatic carbocycles. The van der Waals surface area contributed by atoms with Crippen molar-refractivity contribution in [3.8, 4) is 0 Å². The van der Waals surface area contributed by atoms with E-state index >= 15 is 0 Å². The molecule has 0 aliphatic carbocycles. The van der Waals surface area contributed by atoms with Gasteiger partial charge in [-0.1, -0.05) is 17.3 Å². The minimum atomic E-state index is -0.135. The van der Waals surface area contributed by atoms with Crippen molar-refractivity contribution in [2.24, 2.45) is 0 Å². The lowest BCUT2D eigenvalue weighted by atomic mass is 10.1. The van der Waals surface area contributed by atoms with Gasteiger partial charge in [0.15, 0.2) is 0 Å². The van der Waals surface area contributed by atoms with Crippen molar-refractivity contribution in [1.29, 1.82) is 0 Å². The molecule has 0 radical (unpaired) electrons. The number of aromatic nitrogens is 2. The number of rotatable bonds is 7. The van der Waals surface area contributed by atoms with Gasteiger partial charge in [0.05, 0.1) is 30.5 Å². The van der Waals surface area contributed by atoms with Crippen LogP contribution in [0.15, 0.2) is 52.1 Å². The maximum Gasteiger partial charge on any atom is 0.254 e. The summed E-state index contributed by atoms with van der Waals surface area (Å²) < 4.78 is 10.7. The van der Waals surface area contributed by atoms with Gasteiger partial charge >= 0.3 is 0 Å². The summed E-state index contributed by atoms with van der Waals surface area (Å²) in [6, 6.07) is 11.8. The van der Waals surface area contributed by atoms with E-state index in [1.165, 1.54) is 17.4 Å². The number of nitrogens with zero attached hydrogens (tertiary/aromatic N) is 3. The first-order valence-electron chi connectivity index (χ1n) is 10.8. The van der Waals surface area contributed by atoms with Crippen LogP contribution in [-0.4, -0.2) is 42.4 Å². The molecular weight excluding hydrogens is 424 g/mol. The predicted molar refractivity (Wildman–Crippen MR) is 125 cm³/mol. The lowest BCUT2D eigenvalue weighted by Gasteiger charge is -2.29. The van der Waals surface area contributed by atoms with Crippen molar-refractivity contribution in [2.45, 2.75) is 37.6 Å². The molecule has 1 unspecified atom stereocenters. The Labute approximate surface area is 192 Å². The minimum absolute atomic E-state index is 0.123. The number of morpholine rings is 1. The molecule has 8 heteroatoms. The van der Waals surface area contributed by atoms with Gasteiger partial charge in [0.25, 0.3) is 5.91 Å². The van der Waals surface area contributed by atoms with E-state index < -0.39 is 0 Å². The van der Waals surface area contributed by atoms with Gasteiger partial charge < -0.3 is 19.5 Å². The van der Waals surface area contributed by atoms with E-state index in [1.807, 2.05) is 26.8 Å². The number of anilines is 1. The van der Waals surface area contributed by atoms with Gasteiger partial charge in [0, 0.05) is 36.3 Å². The van der Waals surface area contributed by atoms with E-state index in [1.54, 1.807) is 12.3 Å². The summed E-state index contributed by atoms with van der Waals surface area (Å²) in [5, 5.41) is 7.80. The SMILES string of the molecule is Cc1noc(C)c1CSc1ncccc1C(=O)NC(C)c1ccc(N2CCOCC2)cc1. The van der Waals surface area contributed by atoms with Gasteiger partial charge in [-0.15, -0.1) is 11.8 Å². The average molecular weight is 453 g/mol. The predicted octanol–water partition coefficient (Wildman–Crippen LogP) is 4.31. The van der Waals surface area contributed by atoms with Gasteiger partial charge in [-0.2, -0.15) is 0 Å². The molecule has 7 nitrogen and oxygen atoms in total. The Kier molecular flexibility index (Phi) is 7.12. The highest BCUT2D eigenvalue weighted by atomic mass is 32.2. The number of pyridine rings is 1. The average Bonchev–Trinajstić information content (AvgIpc) is 3.15. The number of hydrogen-bond acceptors (Lipinski definition) is 7. The standard InChI is InChI=1S/C24H28N4O3S/c1-16(19-6-8-20(9-7-19)28-11-13-30-14-12-28)26-23(29)21-5-4-10-25-24(21)32-15-22-17(2)27-31-18(22)3/h4-10,16H,11-15H2,1-3H3,(H,26,29). The highest BCUT2D eigenvalue weighted by molar-refractivity contribution is 7.98. The Balaban J connectivity index is 1.41. The summed E-state index contributed by atoms with van der Waals surface area (Å²) in [4.78, 5) is 19.8. The number of amides is 1. The summed E-state index contributed by atoms with van der Waals surface area (Å²) in [7, 11) is 0. The third-order valence-electron chi connectivity index (χ3n) is 5.67. The number of thioether (sulfide) groups is 1. The molecule has 4 rings (SSSR count). The molecule has 1 amide bonds. The van der Waals surface area contributed by atoms with Crippen molar-refractivity contribution in [3.63, 3.8) is 0 Å². The number of carbonyl (C=O) groups is 1. The Bertz CT molecular complexity index is 1040. The number of aryl methyl sites for hydroxylation is 2. The molecular formula is C24H28N4O3S. The van der Waals surface area contributed by atoms with Crippen LogP contribution in [0.1, 0.15) is 45.9 Å². The molecule has 0 spiro atoms. The van der Waals surface area contributed by atoms with Crippen LogP contribution < -0.4 is 10.2 Å². The van der Waals surface area contributed by atoms with Crippen molar-refractivity contribution in [2.75, 3.05) is 31.2 Å². The Morgan fingerprint density at radius 3 is 2.62 bits per heavy atom. The molecule has 1 aliphatic rings. The van der Waals surface area contributed by atoms with Crippen LogP contribution in [0.25, 0.3) is 0 Å². The van der Waals surface area contributed by atoms with Crippen LogP contribution >= 0.6 is 11.8 Å². The number of carbonyl (C=O) groups excluding carboxylic acids is 1. The molecule has 1 atom stereocenters. The van der Waals surface area contributed by atoms with E-state index in [4.69, 9.17) is 9.26 Å². The summed E-state index contributed by atoms with van der Waals surface area (Å²) >= 11 is 1.51. The number of benzene rings is 1. The lowest BCUT2D eigenvalue weighted by molar-refractivity contribution is 0.0936. The quantitative estimate of drug-likeness (QED) is 0.535. The fraction of sp³-hybridized carbons (Fsp3) is 0.375. The second-order valence-corrected chi connectivity index (χ2v) is 8.80. The van der Waals surface area contributed by atoms with Gasteiger partial charge in [0.1, 0.15) is 10.8 Å². The summed E-state index contributed by atoms with van der Waals surface area (Å²) in [6.45, 7) is 9.14. The number of ether oxygens (including phenoxy) is 1. The largest absolute Gasteiger partial charge is 0.378 e. The first-order chi connectivity index (χ1) is 15.5. The monoisotopic (exact) mass is 452 g/mol.